The minimum Gasteiger partial charge on any atom is -0.378 e. The first kappa shape index (κ1) is 15.3. The summed E-state index contributed by atoms with van der Waals surface area (Å²) in [6.07, 6.45) is 0. The van der Waals surface area contributed by atoms with E-state index in [-0.39, 0.29) is 0 Å². The Morgan fingerprint density at radius 1 is 1.00 bits per heavy atom. The predicted octanol–water partition coefficient (Wildman–Crippen LogP) is 3.55. The fourth-order valence-electron chi connectivity index (χ4n) is 1.91. The average molecular weight is 299 g/mol. The van der Waals surface area contributed by atoms with Crippen molar-refractivity contribution in [2.75, 3.05) is 24.3 Å². The molecule has 0 aliphatic carbocycles. The molecule has 0 aliphatic heterocycles. The Bertz CT molecular complexity index is 588. The maximum absolute atomic E-state index is 5.31. The van der Waals surface area contributed by atoms with Gasteiger partial charge in [-0.3, -0.25) is 0 Å². The predicted molar refractivity (Wildman–Crippen MR) is 95.0 cm³/mol. The topological polar surface area (TPSA) is 27.3 Å². The number of benzene rings is 2. The Labute approximate surface area is 132 Å². The summed E-state index contributed by atoms with van der Waals surface area (Å²) in [5.41, 5.74) is 4.63. The third kappa shape index (κ3) is 4.76. The van der Waals surface area contributed by atoms with Crippen LogP contribution in [0, 0.1) is 6.92 Å². The van der Waals surface area contributed by atoms with Crippen molar-refractivity contribution >= 4 is 28.7 Å². The molecule has 3 nitrogen and oxygen atoms in total. The molecule has 0 atom stereocenters. The zero-order valence-electron chi connectivity index (χ0n) is 12.7. The van der Waals surface area contributed by atoms with E-state index >= 15 is 0 Å². The molecule has 2 aromatic rings. The van der Waals surface area contributed by atoms with Gasteiger partial charge in [0.05, 0.1) is 0 Å². The van der Waals surface area contributed by atoms with Crippen LogP contribution in [0.4, 0.5) is 11.4 Å². The zero-order valence-corrected chi connectivity index (χ0v) is 13.5. The highest BCUT2D eigenvalue weighted by Gasteiger charge is 1.99. The average Bonchev–Trinajstić information content (AvgIpc) is 2.47. The Balaban J connectivity index is 1.85. The van der Waals surface area contributed by atoms with Gasteiger partial charge in [0.25, 0.3) is 0 Å². The van der Waals surface area contributed by atoms with Crippen molar-refractivity contribution in [1.82, 2.24) is 5.32 Å². The Morgan fingerprint density at radius 3 is 2.19 bits per heavy atom. The van der Waals surface area contributed by atoms with Gasteiger partial charge in [0, 0.05) is 32.0 Å². The molecule has 0 heterocycles. The maximum Gasteiger partial charge on any atom is 0.171 e. The lowest BCUT2D eigenvalue weighted by molar-refractivity contribution is 0.925. The Morgan fingerprint density at radius 2 is 1.62 bits per heavy atom. The molecular weight excluding hydrogens is 278 g/mol. The van der Waals surface area contributed by atoms with Crippen LogP contribution in [0.2, 0.25) is 0 Å². The molecule has 0 aliphatic rings. The van der Waals surface area contributed by atoms with E-state index in [2.05, 4.69) is 58.9 Å². The van der Waals surface area contributed by atoms with Gasteiger partial charge in [-0.25, -0.2) is 0 Å². The second kappa shape index (κ2) is 7.09. The molecule has 0 saturated heterocycles. The molecule has 4 heteroatoms. The van der Waals surface area contributed by atoms with Crippen molar-refractivity contribution in [3.05, 3.63) is 59.7 Å². The summed E-state index contributed by atoms with van der Waals surface area (Å²) < 4.78 is 0. The number of rotatable bonds is 4. The van der Waals surface area contributed by atoms with Crippen molar-refractivity contribution in [2.24, 2.45) is 0 Å². The van der Waals surface area contributed by atoms with Crippen LogP contribution in [-0.4, -0.2) is 19.2 Å². The lowest BCUT2D eigenvalue weighted by atomic mass is 10.1. The van der Waals surface area contributed by atoms with Gasteiger partial charge in [-0.15, -0.1) is 0 Å². The minimum atomic E-state index is 0.633. The highest BCUT2D eigenvalue weighted by atomic mass is 32.1. The first-order chi connectivity index (χ1) is 10.0. The first-order valence-electron chi connectivity index (χ1n) is 6.92. The van der Waals surface area contributed by atoms with E-state index < -0.39 is 0 Å². The van der Waals surface area contributed by atoms with Gasteiger partial charge in [-0.1, -0.05) is 29.8 Å². The SMILES string of the molecule is Cc1ccc(CNC(=S)Nc2ccc(N(C)C)cc2)cc1. The smallest absolute Gasteiger partial charge is 0.171 e. The number of thiocarbonyl (C=S) groups is 1. The van der Waals surface area contributed by atoms with Crippen molar-refractivity contribution in [1.29, 1.82) is 0 Å². The van der Waals surface area contributed by atoms with Crippen LogP contribution in [-0.2, 0) is 6.54 Å². The van der Waals surface area contributed by atoms with Crippen molar-refractivity contribution in [3.8, 4) is 0 Å². The molecule has 2 aromatic carbocycles. The quantitative estimate of drug-likeness (QED) is 0.844. The van der Waals surface area contributed by atoms with Gasteiger partial charge in [0.1, 0.15) is 0 Å². The first-order valence-corrected chi connectivity index (χ1v) is 7.33. The summed E-state index contributed by atoms with van der Waals surface area (Å²) in [4.78, 5) is 2.07. The van der Waals surface area contributed by atoms with Crippen LogP contribution in [0.15, 0.2) is 48.5 Å². The van der Waals surface area contributed by atoms with Crippen molar-refractivity contribution in [2.45, 2.75) is 13.5 Å². The summed E-state index contributed by atoms with van der Waals surface area (Å²) in [5, 5.41) is 7.04. The van der Waals surface area contributed by atoms with Crippen LogP contribution >= 0.6 is 12.2 Å². The van der Waals surface area contributed by atoms with E-state index in [9.17, 15) is 0 Å². The van der Waals surface area contributed by atoms with E-state index in [0.717, 1.165) is 12.2 Å². The minimum absolute atomic E-state index is 0.633. The summed E-state index contributed by atoms with van der Waals surface area (Å²) in [6, 6.07) is 16.6. The fourth-order valence-corrected chi connectivity index (χ4v) is 2.10. The van der Waals surface area contributed by atoms with Gasteiger partial charge in [0.2, 0.25) is 0 Å². The fraction of sp³-hybridized carbons (Fsp3) is 0.235. The van der Waals surface area contributed by atoms with E-state index in [1.807, 2.05) is 26.2 Å². The normalized spacial score (nSPS) is 10.0. The zero-order chi connectivity index (χ0) is 15.2. The number of nitrogens with one attached hydrogen (secondary N) is 2. The second-order valence-corrected chi connectivity index (χ2v) is 5.64. The molecule has 0 amide bonds. The number of nitrogens with zero attached hydrogens (tertiary/aromatic N) is 1. The molecule has 2 N–H and O–H groups in total. The standard InChI is InChI=1S/C17H21N3S/c1-13-4-6-14(7-5-13)12-18-17(21)19-15-8-10-16(11-9-15)20(2)3/h4-11H,12H2,1-3H3,(H2,18,19,21). The lowest BCUT2D eigenvalue weighted by Crippen LogP contribution is -2.27. The lowest BCUT2D eigenvalue weighted by Gasteiger charge is -2.14. The van der Waals surface area contributed by atoms with E-state index in [0.29, 0.717) is 5.11 Å². The van der Waals surface area contributed by atoms with Crippen LogP contribution in [0.1, 0.15) is 11.1 Å². The third-order valence-corrected chi connectivity index (χ3v) is 3.46. The molecule has 0 saturated carbocycles. The molecule has 110 valence electrons. The Kier molecular flexibility index (Phi) is 5.17. The summed E-state index contributed by atoms with van der Waals surface area (Å²) in [6.45, 7) is 2.81. The van der Waals surface area contributed by atoms with Crippen LogP contribution in [0.3, 0.4) is 0 Å². The third-order valence-electron chi connectivity index (χ3n) is 3.22. The molecule has 21 heavy (non-hydrogen) atoms. The van der Waals surface area contributed by atoms with E-state index in [1.165, 1.54) is 16.8 Å². The molecule has 0 unspecified atom stereocenters. The van der Waals surface area contributed by atoms with Gasteiger partial charge in [-0.2, -0.15) is 0 Å². The molecule has 0 fully saturated rings. The van der Waals surface area contributed by atoms with Crippen LogP contribution in [0.25, 0.3) is 0 Å². The van der Waals surface area contributed by atoms with Crippen molar-refractivity contribution in [3.63, 3.8) is 0 Å². The maximum atomic E-state index is 5.31. The van der Waals surface area contributed by atoms with Gasteiger partial charge < -0.3 is 15.5 Å². The summed E-state index contributed by atoms with van der Waals surface area (Å²) in [5.74, 6) is 0. The molecule has 0 aromatic heterocycles. The number of aryl methyl sites for hydroxylation is 1. The molecule has 2 rings (SSSR count). The van der Waals surface area contributed by atoms with E-state index in [1.54, 1.807) is 0 Å². The van der Waals surface area contributed by atoms with E-state index in [4.69, 9.17) is 12.2 Å². The van der Waals surface area contributed by atoms with Gasteiger partial charge in [0.15, 0.2) is 5.11 Å². The van der Waals surface area contributed by atoms with Crippen LogP contribution in [0.5, 0.6) is 0 Å². The molecular formula is C17H21N3S. The second-order valence-electron chi connectivity index (χ2n) is 5.23. The Hall–Kier alpha value is -2.07. The van der Waals surface area contributed by atoms with Crippen molar-refractivity contribution < 1.29 is 0 Å². The monoisotopic (exact) mass is 299 g/mol. The highest BCUT2D eigenvalue weighted by Crippen LogP contribution is 2.15. The highest BCUT2D eigenvalue weighted by molar-refractivity contribution is 7.80. The number of anilines is 2. The summed E-state index contributed by atoms with van der Waals surface area (Å²) >= 11 is 5.31. The number of hydrogen-bond donors (Lipinski definition) is 2. The molecule has 0 bridgehead atoms. The number of hydrogen-bond acceptors (Lipinski definition) is 2. The summed E-state index contributed by atoms with van der Waals surface area (Å²) in [7, 11) is 4.05. The molecule has 0 spiro atoms. The van der Waals surface area contributed by atoms with Gasteiger partial charge >= 0.3 is 0 Å². The van der Waals surface area contributed by atoms with Crippen LogP contribution < -0.4 is 15.5 Å². The molecule has 0 radical (unpaired) electrons. The largest absolute Gasteiger partial charge is 0.378 e. The van der Waals surface area contributed by atoms with Gasteiger partial charge in [-0.05, 0) is 49.0 Å².